The normalized spacial score (nSPS) is 11.4. The third kappa shape index (κ3) is 5.04. The summed E-state index contributed by atoms with van der Waals surface area (Å²) < 4.78 is 28.7. The van der Waals surface area contributed by atoms with Crippen molar-refractivity contribution < 1.29 is 22.7 Å². The van der Waals surface area contributed by atoms with Crippen LogP contribution in [0.3, 0.4) is 0 Å². The number of pyridine rings is 1. The Bertz CT molecular complexity index is 1800. The van der Waals surface area contributed by atoms with Crippen molar-refractivity contribution in [3.05, 3.63) is 89.7 Å². The van der Waals surface area contributed by atoms with Crippen molar-refractivity contribution in [1.82, 2.24) is 20.3 Å². The van der Waals surface area contributed by atoms with Crippen LogP contribution in [0.1, 0.15) is 26.4 Å². The number of hydrogen-bond acceptors (Lipinski definition) is 7. The zero-order valence-corrected chi connectivity index (χ0v) is 21.3. The van der Waals surface area contributed by atoms with Crippen LogP contribution >= 0.6 is 0 Å². The van der Waals surface area contributed by atoms with E-state index in [1.54, 1.807) is 36.5 Å². The molecular formula is C27H23N5O5S. The number of H-pyrrole nitrogens is 1. The van der Waals surface area contributed by atoms with Crippen molar-refractivity contribution in [2.75, 3.05) is 18.7 Å². The smallest absolute Gasteiger partial charge is 0.276 e. The van der Waals surface area contributed by atoms with E-state index in [1.807, 2.05) is 24.3 Å². The van der Waals surface area contributed by atoms with E-state index in [0.29, 0.717) is 16.8 Å². The molecule has 3 N–H and O–H groups in total. The Morgan fingerprint density at radius 3 is 2.42 bits per heavy atom. The quantitative estimate of drug-likeness (QED) is 0.292. The molecule has 0 aliphatic heterocycles. The number of nitrogens with one attached hydrogen (secondary N) is 3. The zero-order valence-electron chi connectivity index (χ0n) is 20.5. The number of ether oxygens (including phenoxy) is 1. The number of methoxy groups -OCH3 is 1. The third-order valence-corrected chi connectivity index (χ3v) is 7.10. The number of rotatable bonds is 7. The molecule has 0 unspecified atom stereocenters. The van der Waals surface area contributed by atoms with Gasteiger partial charge in [-0.1, -0.05) is 36.4 Å². The first-order valence-corrected chi connectivity index (χ1v) is 13.4. The highest BCUT2D eigenvalue weighted by Crippen LogP contribution is 2.28. The standard InChI is InChI=1S/C27H23N5O5S/c1-37-22-12-11-20-24(23(22)26(34)29-14-16-7-9-19(10-8-16)38(2,35)36)31-27(30-20)32-25(33)21-13-17-5-3-4-6-18(17)15-28-21/h3-13,15H,14H2,1-2H3,(H,29,34)(H2,30,31,32,33). The minimum absolute atomic E-state index is 0.152. The van der Waals surface area contributed by atoms with Gasteiger partial charge in [0.05, 0.1) is 23.0 Å². The van der Waals surface area contributed by atoms with Crippen molar-refractivity contribution in [2.45, 2.75) is 11.4 Å². The lowest BCUT2D eigenvalue weighted by Gasteiger charge is -2.10. The molecule has 2 aromatic heterocycles. The Morgan fingerprint density at radius 2 is 1.71 bits per heavy atom. The number of amides is 2. The lowest BCUT2D eigenvalue weighted by molar-refractivity contribution is 0.0948. The van der Waals surface area contributed by atoms with E-state index >= 15 is 0 Å². The van der Waals surface area contributed by atoms with Crippen molar-refractivity contribution in [2.24, 2.45) is 0 Å². The number of aromatic nitrogens is 3. The second-order valence-electron chi connectivity index (χ2n) is 8.59. The summed E-state index contributed by atoms with van der Waals surface area (Å²) in [6, 6.07) is 18.8. The van der Waals surface area contributed by atoms with Gasteiger partial charge in [-0.3, -0.25) is 19.9 Å². The fourth-order valence-electron chi connectivity index (χ4n) is 4.02. The first-order valence-electron chi connectivity index (χ1n) is 11.5. The molecule has 5 rings (SSSR count). The van der Waals surface area contributed by atoms with Gasteiger partial charge in [-0.15, -0.1) is 0 Å². The predicted octanol–water partition coefficient (Wildman–Crippen LogP) is 3.71. The molecule has 11 heteroatoms. The summed E-state index contributed by atoms with van der Waals surface area (Å²) in [6.45, 7) is 0.160. The summed E-state index contributed by atoms with van der Waals surface area (Å²) in [5.74, 6) is -0.415. The summed E-state index contributed by atoms with van der Waals surface area (Å²) in [7, 11) is -1.86. The van der Waals surface area contributed by atoms with E-state index in [0.717, 1.165) is 22.6 Å². The Labute approximate surface area is 218 Å². The Hall–Kier alpha value is -4.77. The van der Waals surface area contributed by atoms with Gasteiger partial charge in [0.2, 0.25) is 5.95 Å². The van der Waals surface area contributed by atoms with E-state index in [2.05, 4.69) is 25.6 Å². The van der Waals surface area contributed by atoms with Gasteiger partial charge < -0.3 is 15.0 Å². The Kier molecular flexibility index (Phi) is 6.52. The van der Waals surface area contributed by atoms with Crippen LogP contribution < -0.4 is 15.4 Å². The summed E-state index contributed by atoms with van der Waals surface area (Å²) in [4.78, 5) is 37.9. The topological polar surface area (TPSA) is 143 Å². The minimum atomic E-state index is -3.31. The molecule has 0 fully saturated rings. The minimum Gasteiger partial charge on any atom is -0.496 e. The highest BCUT2D eigenvalue weighted by atomic mass is 32.2. The average Bonchev–Trinajstić information content (AvgIpc) is 3.32. The molecule has 0 aliphatic rings. The number of sulfone groups is 1. The number of carbonyl (C=O) groups is 2. The largest absolute Gasteiger partial charge is 0.496 e. The van der Waals surface area contributed by atoms with Gasteiger partial charge >= 0.3 is 0 Å². The maximum atomic E-state index is 13.2. The molecule has 3 aromatic carbocycles. The average molecular weight is 530 g/mol. The van der Waals surface area contributed by atoms with Crippen molar-refractivity contribution in [3.63, 3.8) is 0 Å². The van der Waals surface area contributed by atoms with Crippen molar-refractivity contribution in [3.8, 4) is 5.75 Å². The second-order valence-corrected chi connectivity index (χ2v) is 10.6. The lowest BCUT2D eigenvalue weighted by atomic mass is 10.1. The SMILES string of the molecule is COc1ccc2nc(NC(=O)c3cc4ccccc4cn3)[nH]c2c1C(=O)NCc1ccc(S(C)(=O)=O)cc1. The molecule has 5 aromatic rings. The van der Waals surface area contributed by atoms with Crippen LogP contribution in [0.25, 0.3) is 21.8 Å². The van der Waals surface area contributed by atoms with Crippen LogP contribution in [0.4, 0.5) is 5.95 Å². The molecule has 0 bridgehead atoms. The van der Waals surface area contributed by atoms with Crippen LogP contribution in [0.15, 0.2) is 77.8 Å². The van der Waals surface area contributed by atoms with E-state index in [4.69, 9.17) is 4.74 Å². The second kappa shape index (κ2) is 9.94. The van der Waals surface area contributed by atoms with E-state index < -0.39 is 21.7 Å². The summed E-state index contributed by atoms with van der Waals surface area (Å²) in [6.07, 6.45) is 2.76. The molecule has 10 nitrogen and oxygen atoms in total. The molecule has 38 heavy (non-hydrogen) atoms. The molecule has 0 saturated heterocycles. The van der Waals surface area contributed by atoms with Crippen molar-refractivity contribution in [1.29, 1.82) is 0 Å². The van der Waals surface area contributed by atoms with Gasteiger partial charge in [0, 0.05) is 24.4 Å². The van der Waals surface area contributed by atoms with E-state index in [-0.39, 0.29) is 28.6 Å². The van der Waals surface area contributed by atoms with Crippen LogP contribution in [-0.4, -0.2) is 48.5 Å². The van der Waals surface area contributed by atoms with Crippen LogP contribution in [-0.2, 0) is 16.4 Å². The lowest BCUT2D eigenvalue weighted by Crippen LogP contribution is -2.23. The molecular weight excluding hydrogens is 506 g/mol. The summed E-state index contributed by atoms with van der Waals surface area (Å²) in [5.41, 5.74) is 2.00. The fraction of sp³-hybridized carbons (Fsp3) is 0.111. The maximum absolute atomic E-state index is 13.2. The van der Waals surface area contributed by atoms with Crippen LogP contribution in [0, 0.1) is 0 Å². The van der Waals surface area contributed by atoms with Crippen LogP contribution in [0.5, 0.6) is 5.75 Å². The molecule has 0 radical (unpaired) electrons. The van der Waals surface area contributed by atoms with E-state index in [9.17, 15) is 18.0 Å². The number of fused-ring (bicyclic) bond motifs is 2. The first-order chi connectivity index (χ1) is 18.2. The number of imidazole rings is 1. The number of hydrogen-bond donors (Lipinski definition) is 3. The first kappa shape index (κ1) is 24.9. The molecule has 2 heterocycles. The highest BCUT2D eigenvalue weighted by Gasteiger charge is 2.20. The number of nitrogens with zero attached hydrogens (tertiary/aromatic N) is 2. The van der Waals surface area contributed by atoms with Gasteiger partial charge in [-0.05, 0) is 41.3 Å². The number of aromatic amines is 1. The molecule has 0 atom stereocenters. The number of anilines is 1. The molecule has 2 amide bonds. The summed E-state index contributed by atoms with van der Waals surface area (Å²) in [5, 5.41) is 7.32. The van der Waals surface area contributed by atoms with Gasteiger partial charge in [0.25, 0.3) is 11.8 Å². The van der Waals surface area contributed by atoms with E-state index in [1.165, 1.54) is 19.2 Å². The summed E-state index contributed by atoms with van der Waals surface area (Å²) >= 11 is 0. The van der Waals surface area contributed by atoms with Gasteiger partial charge in [-0.2, -0.15) is 0 Å². The third-order valence-electron chi connectivity index (χ3n) is 5.97. The van der Waals surface area contributed by atoms with Gasteiger partial charge in [0.1, 0.15) is 17.0 Å². The van der Waals surface area contributed by atoms with Crippen LogP contribution in [0.2, 0.25) is 0 Å². The highest BCUT2D eigenvalue weighted by molar-refractivity contribution is 7.90. The molecule has 0 saturated carbocycles. The Balaban J connectivity index is 1.37. The monoisotopic (exact) mass is 529 g/mol. The van der Waals surface area contributed by atoms with Crippen molar-refractivity contribution >= 4 is 49.4 Å². The fourth-order valence-corrected chi connectivity index (χ4v) is 4.65. The predicted molar refractivity (Wildman–Crippen MR) is 143 cm³/mol. The van der Waals surface area contributed by atoms with Gasteiger partial charge in [0.15, 0.2) is 9.84 Å². The zero-order chi connectivity index (χ0) is 26.9. The molecule has 0 spiro atoms. The number of benzene rings is 3. The maximum Gasteiger partial charge on any atom is 0.276 e. The molecule has 0 aliphatic carbocycles. The Morgan fingerprint density at radius 1 is 0.974 bits per heavy atom. The number of carbonyl (C=O) groups excluding carboxylic acids is 2. The van der Waals surface area contributed by atoms with Gasteiger partial charge in [-0.25, -0.2) is 13.4 Å². The molecule has 192 valence electrons.